The molecule has 1 N–H and O–H groups in total. The molecule has 0 saturated carbocycles. The standard InChI is InChI=1S/C19H17FO2/c1-19(2,3)11-7-8-13-14(9-11)15(10-17(21)22)12-5-4-6-16(20)18(12)13/h4-10H,1-3H3,(H,21,22)/b15-10+. The van der Waals surface area contributed by atoms with Crippen LogP contribution in [0.25, 0.3) is 16.7 Å². The van der Waals surface area contributed by atoms with Crippen molar-refractivity contribution in [2.45, 2.75) is 26.2 Å². The number of carboxylic acid groups (broad SMARTS) is 1. The van der Waals surface area contributed by atoms with Gasteiger partial charge in [-0.3, -0.25) is 0 Å². The van der Waals surface area contributed by atoms with Gasteiger partial charge in [0.25, 0.3) is 0 Å². The molecule has 2 aromatic carbocycles. The highest BCUT2D eigenvalue weighted by Gasteiger charge is 2.28. The first-order chi connectivity index (χ1) is 10.3. The predicted octanol–water partition coefficient (Wildman–Crippen LogP) is 4.62. The minimum absolute atomic E-state index is 0.0588. The molecule has 0 aromatic heterocycles. The van der Waals surface area contributed by atoms with Gasteiger partial charge in [0.05, 0.1) is 0 Å². The lowest BCUT2D eigenvalue weighted by Gasteiger charge is -2.20. The predicted molar refractivity (Wildman–Crippen MR) is 85.3 cm³/mol. The van der Waals surface area contributed by atoms with E-state index in [0.29, 0.717) is 16.7 Å². The van der Waals surface area contributed by atoms with Crippen molar-refractivity contribution in [3.63, 3.8) is 0 Å². The third kappa shape index (κ3) is 2.23. The highest BCUT2D eigenvalue weighted by atomic mass is 19.1. The van der Waals surface area contributed by atoms with E-state index in [9.17, 15) is 9.18 Å². The smallest absolute Gasteiger partial charge is 0.328 e. The number of rotatable bonds is 1. The van der Waals surface area contributed by atoms with E-state index in [0.717, 1.165) is 22.8 Å². The first-order valence-electron chi connectivity index (χ1n) is 7.18. The topological polar surface area (TPSA) is 37.3 Å². The molecule has 3 heteroatoms. The summed E-state index contributed by atoms with van der Waals surface area (Å²) in [6.07, 6.45) is 1.16. The molecule has 112 valence electrons. The van der Waals surface area contributed by atoms with Crippen LogP contribution in [0, 0.1) is 5.82 Å². The average molecular weight is 296 g/mol. The van der Waals surface area contributed by atoms with E-state index in [1.807, 2.05) is 18.2 Å². The van der Waals surface area contributed by atoms with Gasteiger partial charge >= 0.3 is 5.97 Å². The summed E-state index contributed by atoms with van der Waals surface area (Å²) in [5.74, 6) is -1.35. The Hall–Kier alpha value is -2.42. The molecule has 1 aliphatic rings. The molecule has 0 saturated heterocycles. The molecule has 0 bridgehead atoms. The molecule has 0 amide bonds. The number of fused-ring (bicyclic) bond motifs is 3. The van der Waals surface area contributed by atoms with Crippen LogP contribution < -0.4 is 0 Å². The van der Waals surface area contributed by atoms with Crippen LogP contribution in [-0.2, 0) is 10.2 Å². The number of carbonyl (C=O) groups is 1. The summed E-state index contributed by atoms with van der Waals surface area (Å²) in [4.78, 5) is 11.2. The number of aliphatic carboxylic acids is 1. The van der Waals surface area contributed by atoms with Crippen LogP contribution in [0.5, 0.6) is 0 Å². The van der Waals surface area contributed by atoms with E-state index >= 15 is 0 Å². The van der Waals surface area contributed by atoms with Crippen LogP contribution in [0.1, 0.15) is 37.5 Å². The highest BCUT2D eigenvalue weighted by Crippen LogP contribution is 2.46. The average Bonchev–Trinajstić information content (AvgIpc) is 2.72. The molecule has 2 nitrogen and oxygen atoms in total. The molecule has 0 aliphatic heterocycles. The van der Waals surface area contributed by atoms with Gasteiger partial charge in [-0.15, -0.1) is 0 Å². The number of hydrogen-bond acceptors (Lipinski definition) is 1. The molecule has 0 fully saturated rings. The third-order valence-electron chi connectivity index (χ3n) is 4.02. The molecule has 2 aromatic rings. The lowest BCUT2D eigenvalue weighted by Crippen LogP contribution is -2.11. The quantitative estimate of drug-likeness (QED) is 0.665. The summed E-state index contributed by atoms with van der Waals surface area (Å²) in [6.45, 7) is 6.29. The number of hydrogen-bond donors (Lipinski definition) is 1. The van der Waals surface area contributed by atoms with Crippen molar-refractivity contribution in [3.05, 3.63) is 65.0 Å². The molecule has 22 heavy (non-hydrogen) atoms. The Balaban J connectivity index is 2.33. The first-order valence-corrected chi connectivity index (χ1v) is 7.18. The maximum Gasteiger partial charge on any atom is 0.328 e. The van der Waals surface area contributed by atoms with Gasteiger partial charge in [-0.2, -0.15) is 0 Å². The summed E-state index contributed by atoms with van der Waals surface area (Å²) < 4.78 is 14.2. The van der Waals surface area contributed by atoms with Crippen LogP contribution >= 0.6 is 0 Å². The zero-order chi connectivity index (χ0) is 16.1. The summed E-state index contributed by atoms with van der Waals surface area (Å²) >= 11 is 0. The maximum absolute atomic E-state index is 14.2. The molecule has 3 rings (SSSR count). The van der Waals surface area contributed by atoms with Gasteiger partial charge in [0.15, 0.2) is 0 Å². The Morgan fingerprint density at radius 2 is 1.82 bits per heavy atom. The Morgan fingerprint density at radius 3 is 2.45 bits per heavy atom. The van der Waals surface area contributed by atoms with Gasteiger partial charge in [0, 0.05) is 11.6 Å². The fourth-order valence-corrected chi connectivity index (χ4v) is 2.90. The van der Waals surface area contributed by atoms with Gasteiger partial charge in [-0.05, 0) is 45.4 Å². The molecule has 1 aliphatic carbocycles. The van der Waals surface area contributed by atoms with Crippen molar-refractivity contribution in [1.29, 1.82) is 0 Å². The Labute approximate surface area is 128 Å². The summed E-state index contributed by atoms with van der Waals surface area (Å²) in [6, 6.07) is 10.6. The van der Waals surface area contributed by atoms with Crippen molar-refractivity contribution >= 4 is 11.5 Å². The minimum atomic E-state index is -1.03. The van der Waals surface area contributed by atoms with Gasteiger partial charge in [0.2, 0.25) is 0 Å². The number of halogens is 1. The molecule has 0 heterocycles. The number of benzene rings is 2. The zero-order valence-electron chi connectivity index (χ0n) is 12.8. The van der Waals surface area contributed by atoms with Crippen molar-refractivity contribution in [2.24, 2.45) is 0 Å². The second-order valence-corrected chi connectivity index (χ2v) is 6.57. The molecule has 0 spiro atoms. The van der Waals surface area contributed by atoms with Crippen LogP contribution in [0.2, 0.25) is 0 Å². The minimum Gasteiger partial charge on any atom is -0.478 e. The van der Waals surface area contributed by atoms with E-state index in [-0.39, 0.29) is 11.2 Å². The zero-order valence-corrected chi connectivity index (χ0v) is 12.8. The van der Waals surface area contributed by atoms with Crippen molar-refractivity contribution in [1.82, 2.24) is 0 Å². The van der Waals surface area contributed by atoms with Crippen molar-refractivity contribution in [3.8, 4) is 11.1 Å². The van der Waals surface area contributed by atoms with Crippen molar-refractivity contribution in [2.75, 3.05) is 0 Å². The molecular formula is C19H17FO2. The Kier molecular flexibility index (Phi) is 3.17. The summed E-state index contributed by atoms with van der Waals surface area (Å²) in [7, 11) is 0. The second-order valence-electron chi connectivity index (χ2n) is 6.57. The van der Waals surface area contributed by atoms with Crippen LogP contribution in [0.15, 0.2) is 42.5 Å². The third-order valence-corrected chi connectivity index (χ3v) is 4.02. The lowest BCUT2D eigenvalue weighted by molar-refractivity contribution is -0.131. The van der Waals surface area contributed by atoms with Crippen LogP contribution in [0.4, 0.5) is 4.39 Å². The van der Waals surface area contributed by atoms with Gasteiger partial charge in [0.1, 0.15) is 5.82 Å². The van der Waals surface area contributed by atoms with Crippen LogP contribution in [-0.4, -0.2) is 11.1 Å². The second kappa shape index (κ2) is 4.80. The van der Waals surface area contributed by atoms with Gasteiger partial charge in [-0.25, -0.2) is 9.18 Å². The highest BCUT2D eigenvalue weighted by molar-refractivity contribution is 6.06. The molecule has 0 unspecified atom stereocenters. The fourth-order valence-electron chi connectivity index (χ4n) is 2.90. The Bertz CT molecular complexity index is 811. The normalized spacial score (nSPS) is 14.8. The fraction of sp³-hybridized carbons (Fsp3) is 0.211. The summed E-state index contributed by atoms with van der Waals surface area (Å²) in [5.41, 5.74) is 4.28. The molecular weight excluding hydrogens is 279 g/mol. The van der Waals surface area contributed by atoms with Crippen molar-refractivity contribution < 1.29 is 14.3 Å². The van der Waals surface area contributed by atoms with Gasteiger partial charge in [-0.1, -0.05) is 45.0 Å². The van der Waals surface area contributed by atoms with E-state index in [2.05, 4.69) is 20.8 Å². The van der Waals surface area contributed by atoms with E-state index in [1.165, 1.54) is 6.07 Å². The molecule has 0 atom stereocenters. The lowest BCUT2D eigenvalue weighted by atomic mass is 9.85. The first kappa shape index (κ1) is 14.5. The summed E-state index contributed by atoms with van der Waals surface area (Å²) in [5, 5.41) is 9.15. The SMILES string of the molecule is CC(C)(C)c1ccc2c(c1)/C(=C/C(=O)O)c1cccc(F)c1-2. The molecule has 0 radical (unpaired) electrons. The maximum atomic E-state index is 14.2. The van der Waals surface area contributed by atoms with Gasteiger partial charge < -0.3 is 5.11 Å². The Morgan fingerprint density at radius 1 is 1.09 bits per heavy atom. The van der Waals surface area contributed by atoms with E-state index in [1.54, 1.807) is 12.1 Å². The number of carboxylic acids is 1. The monoisotopic (exact) mass is 296 g/mol. The van der Waals surface area contributed by atoms with Crippen LogP contribution in [0.3, 0.4) is 0 Å². The largest absolute Gasteiger partial charge is 0.478 e. The van der Waals surface area contributed by atoms with E-state index < -0.39 is 5.97 Å². The van der Waals surface area contributed by atoms with E-state index in [4.69, 9.17) is 5.11 Å².